The summed E-state index contributed by atoms with van der Waals surface area (Å²) >= 11 is 0. The van der Waals surface area contributed by atoms with Gasteiger partial charge in [-0.3, -0.25) is 9.48 Å². The number of anilines is 1. The van der Waals surface area contributed by atoms with Gasteiger partial charge in [-0.1, -0.05) is 12.1 Å². The van der Waals surface area contributed by atoms with Gasteiger partial charge in [0.25, 0.3) is 5.91 Å². The third-order valence-electron chi connectivity index (χ3n) is 3.22. The van der Waals surface area contributed by atoms with Gasteiger partial charge in [0.15, 0.2) is 11.6 Å². The lowest BCUT2D eigenvalue weighted by molar-refractivity contribution is 0.0992. The number of carbonyl (C=O) groups excluding carboxylic acids is 1. The molecule has 0 saturated carbocycles. The molecule has 3 rings (SSSR count). The number of hydrogen-bond acceptors (Lipinski definition) is 5. The summed E-state index contributed by atoms with van der Waals surface area (Å²) in [6.07, 6.45) is 1.73. The second-order valence-electron chi connectivity index (χ2n) is 4.99. The standard InChI is InChI=1S/C17H14N4O3/c1-21-9-8-16(20-21)19-17(22)15-7-6-13(24-15)11-23-14-5-3-2-4-12(14)10-18/h2-9H,11H2,1H3,(H,19,20,22). The third kappa shape index (κ3) is 3.44. The first-order valence-electron chi connectivity index (χ1n) is 7.17. The Kier molecular flexibility index (Phi) is 4.29. The maximum absolute atomic E-state index is 12.1. The molecular weight excluding hydrogens is 308 g/mol. The normalized spacial score (nSPS) is 10.2. The van der Waals surface area contributed by atoms with Gasteiger partial charge in [-0.25, -0.2) is 0 Å². The van der Waals surface area contributed by atoms with E-state index in [-0.39, 0.29) is 12.4 Å². The number of aromatic nitrogens is 2. The maximum atomic E-state index is 12.1. The third-order valence-corrected chi connectivity index (χ3v) is 3.22. The summed E-state index contributed by atoms with van der Waals surface area (Å²) in [6, 6.07) is 13.9. The van der Waals surface area contributed by atoms with E-state index in [0.717, 1.165) is 0 Å². The lowest BCUT2D eigenvalue weighted by Crippen LogP contribution is -2.11. The molecule has 0 atom stereocenters. The highest BCUT2D eigenvalue weighted by Crippen LogP contribution is 2.19. The molecule has 120 valence electrons. The fraction of sp³-hybridized carbons (Fsp3) is 0.118. The van der Waals surface area contributed by atoms with Gasteiger partial charge in [0.2, 0.25) is 0 Å². The summed E-state index contributed by atoms with van der Waals surface area (Å²) in [4.78, 5) is 12.1. The molecule has 3 aromatic rings. The number of para-hydroxylation sites is 1. The molecular formula is C17H14N4O3. The molecule has 7 nitrogen and oxygen atoms in total. The molecule has 0 aliphatic heterocycles. The lowest BCUT2D eigenvalue weighted by atomic mass is 10.2. The molecule has 0 aliphatic rings. The Balaban J connectivity index is 1.63. The fourth-order valence-electron chi connectivity index (χ4n) is 2.07. The van der Waals surface area contributed by atoms with E-state index in [0.29, 0.717) is 22.9 Å². The first-order chi connectivity index (χ1) is 11.7. The number of nitrogens with one attached hydrogen (secondary N) is 1. The highest BCUT2D eigenvalue weighted by Gasteiger charge is 2.13. The van der Waals surface area contributed by atoms with Crippen LogP contribution < -0.4 is 10.1 Å². The molecule has 0 bridgehead atoms. The fourth-order valence-corrected chi connectivity index (χ4v) is 2.07. The quantitative estimate of drug-likeness (QED) is 0.779. The van der Waals surface area contributed by atoms with Crippen LogP contribution >= 0.6 is 0 Å². The van der Waals surface area contributed by atoms with Crippen LogP contribution in [0.25, 0.3) is 0 Å². The zero-order valence-electron chi connectivity index (χ0n) is 12.9. The first-order valence-corrected chi connectivity index (χ1v) is 7.17. The van der Waals surface area contributed by atoms with Crippen molar-refractivity contribution in [3.8, 4) is 11.8 Å². The number of aryl methyl sites for hydroxylation is 1. The van der Waals surface area contributed by atoms with E-state index in [4.69, 9.17) is 14.4 Å². The minimum atomic E-state index is -0.391. The molecule has 0 aliphatic carbocycles. The van der Waals surface area contributed by atoms with Crippen molar-refractivity contribution in [2.45, 2.75) is 6.61 Å². The molecule has 1 N–H and O–H groups in total. The van der Waals surface area contributed by atoms with Crippen LogP contribution in [-0.4, -0.2) is 15.7 Å². The predicted molar refractivity (Wildman–Crippen MR) is 85.4 cm³/mol. The molecule has 7 heteroatoms. The Morgan fingerprint density at radius 1 is 1.33 bits per heavy atom. The smallest absolute Gasteiger partial charge is 0.292 e. The number of amides is 1. The van der Waals surface area contributed by atoms with Crippen molar-refractivity contribution in [2.75, 3.05) is 5.32 Å². The van der Waals surface area contributed by atoms with Crippen molar-refractivity contribution in [3.63, 3.8) is 0 Å². The van der Waals surface area contributed by atoms with Crippen molar-refractivity contribution >= 4 is 11.7 Å². The number of furan rings is 1. The van der Waals surface area contributed by atoms with E-state index in [2.05, 4.69) is 16.5 Å². The summed E-state index contributed by atoms with van der Waals surface area (Å²) < 4.78 is 12.6. The van der Waals surface area contributed by atoms with E-state index < -0.39 is 5.91 Å². The summed E-state index contributed by atoms with van der Waals surface area (Å²) in [7, 11) is 1.76. The SMILES string of the molecule is Cn1ccc(NC(=O)c2ccc(COc3ccccc3C#N)o2)n1. The molecule has 1 aromatic carbocycles. The van der Waals surface area contributed by atoms with Gasteiger partial charge in [0.1, 0.15) is 24.2 Å². The molecule has 0 unspecified atom stereocenters. The summed E-state index contributed by atoms with van der Waals surface area (Å²) in [5.74, 6) is 1.16. The first kappa shape index (κ1) is 15.4. The number of benzene rings is 1. The van der Waals surface area contributed by atoms with E-state index in [1.54, 1.807) is 60.4 Å². The molecule has 1 amide bonds. The van der Waals surface area contributed by atoms with Crippen molar-refractivity contribution in [1.82, 2.24) is 9.78 Å². The molecule has 0 spiro atoms. The zero-order chi connectivity index (χ0) is 16.9. The number of ether oxygens (including phenoxy) is 1. The number of rotatable bonds is 5. The van der Waals surface area contributed by atoms with Gasteiger partial charge in [-0.15, -0.1) is 0 Å². The molecule has 2 aromatic heterocycles. The molecule has 24 heavy (non-hydrogen) atoms. The molecule has 0 fully saturated rings. The minimum Gasteiger partial charge on any atom is -0.484 e. The number of nitrogens with zero attached hydrogens (tertiary/aromatic N) is 3. The van der Waals surface area contributed by atoms with Crippen LogP contribution in [0.3, 0.4) is 0 Å². The Morgan fingerprint density at radius 3 is 2.92 bits per heavy atom. The largest absolute Gasteiger partial charge is 0.484 e. The van der Waals surface area contributed by atoms with Crippen LogP contribution in [0.15, 0.2) is 53.1 Å². The van der Waals surface area contributed by atoms with Crippen molar-refractivity contribution in [1.29, 1.82) is 5.26 Å². The Bertz CT molecular complexity index is 904. The van der Waals surface area contributed by atoms with Crippen LogP contribution in [-0.2, 0) is 13.7 Å². The van der Waals surface area contributed by atoms with E-state index in [1.807, 2.05) is 0 Å². The predicted octanol–water partition coefficient (Wildman–Crippen LogP) is 2.72. The highest BCUT2D eigenvalue weighted by molar-refractivity contribution is 6.01. The van der Waals surface area contributed by atoms with Gasteiger partial charge in [-0.2, -0.15) is 10.4 Å². The van der Waals surface area contributed by atoms with Gasteiger partial charge in [-0.05, 0) is 24.3 Å². The van der Waals surface area contributed by atoms with Gasteiger partial charge >= 0.3 is 0 Å². The topological polar surface area (TPSA) is 93.1 Å². The van der Waals surface area contributed by atoms with Crippen LogP contribution in [0, 0.1) is 11.3 Å². The number of nitriles is 1. The highest BCUT2D eigenvalue weighted by atomic mass is 16.5. The Hall–Kier alpha value is -3.53. The summed E-state index contributed by atoms with van der Waals surface area (Å²) in [5, 5.41) is 15.7. The van der Waals surface area contributed by atoms with Gasteiger partial charge < -0.3 is 14.5 Å². The summed E-state index contributed by atoms with van der Waals surface area (Å²) in [6.45, 7) is 0.121. The van der Waals surface area contributed by atoms with Gasteiger partial charge in [0.05, 0.1) is 5.56 Å². The second kappa shape index (κ2) is 6.71. The Morgan fingerprint density at radius 2 is 2.17 bits per heavy atom. The van der Waals surface area contributed by atoms with Gasteiger partial charge in [0, 0.05) is 19.3 Å². The number of hydrogen-bond donors (Lipinski definition) is 1. The van der Waals surface area contributed by atoms with E-state index >= 15 is 0 Å². The monoisotopic (exact) mass is 322 g/mol. The minimum absolute atomic E-state index is 0.121. The number of carbonyl (C=O) groups is 1. The van der Waals surface area contributed by atoms with Crippen molar-refractivity contribution in [2.24, 2.45) is 7.05 Å². The molecule has 0 saturated heterocycles. The van der Waals surface area contributed by atoms with E-state index in [9.17, 15) is 4.79 Å². The van der Waals surface area contributed by atoms with Crippen LogP contribution in [0.1, 0.15) is 21.9 Å². The summed E-state index contributed by atoms with van der Waals surface area (Å²) in [5.41, 5.74) is 0.442. The molecule has 2 heterocycles. The zero-order valence-corrected chi connectivity index (χ0v) is 12.9. The van der Waals surface area contributed by atoms with Crippen molar-refractivity contribution < 1.29 is 13.9 Å². The van der Waals surface area contributed by atoms with E-state index in [1.165, 1.54) is 0 Å². The van der Waals surface area contributed by atoms with Crippen molar-refractivity contribution in [3.05, 3.63) is 65.7 Å². The molecule has 0 radical (unpaired) electrons. The van der Waals surface area contributed by atoms with Crippen LogP contribution in [0.5, 0.6) is 5.75 Å². The second-order valence-corrected chi connectivity index (χ2v) is 4.99. The van der Waals surface area contributed by atoms with Crippen LogP contribution in [0.4, 0.5) is 5.82 Å². The Labute approximate surface area is 138 Å². The maximum Gasteiger partial charge on any atom is 0.292 e. The lowest BCUT2D eigenvalue weighted by Gasteiger charge is -2.05. The average molecular weight is 322 g/mol. The average Bonchev–Trinajstić information content (AvgIpc) is 3.22. The van der Waals surface area contributed by atoms with Crippen LogP contribution in [0.2, 0.25) is 0 Å².